The second kappa shape index (κ2) is 5.06. The summed E-state index contributed by atoms with van der Waals surface area (Å²) < 4.78 is 0. The first kappa shape index (κ1) is 14.5. The molecule has 2 N–H and O–H groups in total. The van der Waals surface area contributed by atoms with Crippen molar-refractivity contribution in [3.05, 3.63) is 0 Å². The average molecular weight is 319 g/mol. The highest BCUT2D eigenvalue weighted by atomic mass is 35.5. The Morgan fingerprint density at radius 1 is 0.850 bits per heavy atom. The van der Waals surface area contributed by atoms with Crippen LogP contribution in [0.1, 0.15) is 26.7 Å². The van der Waals surface area contributed by atoms with Gasteiger partial charge in [0.2, 0.25) is 11.8 Å². The van der Waals surface area contributed by atoms with Crippen molar-refractivity contribution in [3.63, 3.8) is 0 Å². The van der Waals surface area contributed by atoms with Crippen molar-refractivity contribution in [3.8, 4) is 0 Å². The number of rotatable bonds is 0. The van der Waals surface area contributed by atoms with E-state index in [2.05, 4.69) is 24.5 Å². The maximum atomic E-state index is 10.9. The molecule has 0 radical (unpaired) electrons. The van der Waals surface area contributed by atoms with Gasteiger partial charge in [-0.05, 0) is 11.8 Å². The number of piperidine rings is 2. The van der Waals surface area contributed by atoms with Crippen molar-refractivity contribution in [1.82, 2.24) is 10.6 Å². The van der Waals surface area contributed by atoms with Gasteiger partial charge in [0.15, 0.2) is 0 Å². The maximum absolute atomic E-state index is 10.9. The zero-order valence-electron chi connectivity index (χ0n) is 11.6. The van der Waals surface area contributed by atoms with Gasteiger partial charge in [0.25, 0.3) is 0 Å². The minimum absolute atomic E-state index is 0.164. The minimum atomic E-state index is 0.164. The lowest BCUT2D eigenvalue weighted by Gasteiger charge is -2.15. The van der Waals surface area contributed by atoms with Gasteiger partial charge in [0.05, 0.1) is 22.8 Å². The first-order valence-electron chi connectivity index (χ1n) is 7.27. The van der Waals surface area contributed by atoms with E-state index in [0.29, 0.717) is 36.5 Å². The van der Waals surface area contributed by atoms with Crippen molar-refractivity contribution >= 4 is 35.0 Å². The molecule has 2 amide bonds. The van der Waals surface area contributed by atoms with Gasteiger partial charge >= 0.3 is 0 Å². The Kier molecular flexibility index (Phi) is 3.66. The predicted octanol–water partition coefficient (Wildman–Crippen LogP) is 1.50. The molecule has 2 saturated carbocycles. The van der Waals surface area contributed by atoms with Crippen LogP contribution >= 0.6 is 23.2 Å². The van der Waals surface area contributed by atoms with Gasteiger partial charge < -0.3 is 10.6 Å². The molecule has 0 spiro atoms. The molecule has 2 saturated heterocycles. The normalized spacial score (nSPS) is 51.6. The standard InChI is InChI=1S/2C7H10ClNO/c2*1-3-2-4(10)9-7-5(3)6(7)8/h2*3,5-7H,2H2,1H3,(H,9,10)/t3-,5-,6+,7-;3-,5-,6-,7-/m00/s1. The van der Waals surface area contributed by atoms with E-state index in [1.165, 1.54) is 0 Å². The minimum Gasteiger partial charge on any atom is -0.352 e. The number of carbonyl (C=O) groups is 2. The Morgan fingerprint density at radius 3 is 1.50 bits per heavy atom. The highest BCUT2D eigenvalue weighted by Gasteiger charge is 2.56. The lowest BCUT2D eigenvalue weighted by atomic mass is 9.99. The molecule has 2 aliphatic carbocycles. The predicted molar refractivity (Wildman–Crippen MR) is 77.7 cm³/mol. The first-order valence-corrected chi connectivity index (χ1v) is 8.14. The zero-order valence-corrected chi connectivity index (χ0v) is 13.1. The number of hydrogen-bond donors (Lipinski definition) is 2. The summed E-state index contributed by atoms with van der Waals surface area (Å²) in [5.74, 6) is 2.41. The molecule has 2 aliphatic heterocycles. The third-order valence-electron chi connectivity index (χ3n) is 4.95. The van der Waals surface area contributed by atoms with Crippen molar-refractivity contribution < 1.29 is 9.59 Å². The van der Waals surface area contributed by atoms with Gasteiger partial charge in [-0.2, -0.15) is 0 Å². The van der Waals surface area contributed by atoms with Gasteiger partial charge in [-0.15, -0.1) is 23.2 Å². The van der Waals surface area contributed by atoms with Crippen LogP contribution in [-0.2, 0) is 9.59 Å². The molecular formula is C14H20Cl2N2O2. The summed E-state index contributed by atoms with van der Waals surface area (Å²) in [5, 5.41) is 6.14. The van der Waals surface area contributed by atoms with Gasteiger partial charge in [0, 0.05) is 24.7 Å². The molecule has 4 aliphatic rings. The summed E-state index contributed by atoms with van der Waals surface area (Å²) in [6.45, 7) is 4.19. The van der Waals surface area contributed by atoms with Crippen molar-refractivity contribution in [2.24, 2.45) is 23.7 Å². The van der Waals surface area contributed by atoms with E-state index in [-0.39, 0.29) is 34.7 Å². The fraction of sp³-hybridized carbons (Fsp3) is 0.857. The molecule has 20 heavy (non-hydrogen) atoms. The highest BCUT2D eigenvalue weighted by molar-refractivity contribution is 6.24. The zero-order chi connectivity index (χ0) is 14.6. The summed E-state index contributed by atoms with van der Waals surface area (Å²) in [7, 11) is 0. The van der Waals surface area contributed by atoms with Crippen LogP contribution in [-0.4, -0.2) is 34.7 Å². The van der Waals surface area contributed by atoms with E-state index in [4.69, 9.17) is 23.2 Å². The van der Waals surface area contributed by atoms with E-state index in [1.54, 1.807) is 0 Å². The summed E-state index contributed by atoms with van der Waals surface area (Å²) in [6.07, 6.45) is 1.31. The Bertz CT molecular complexity index is 385. The number of alkyl halides is 2. The maximum Gasteiger partial charge on any atom is 0.220 e. The Balaban J connectivity index is 0.000000121. The van der Waals surface area contributed by atoms with Crippen LogP contribution in [0.2, 0.25) is 0 Å². The quantitative estimate of drug-likeness (QED) is 0.665. The van der Waals surface area contributed by atoms with Crippen LogP contribution < -0.4 is 10.6 Å². The third kappa shape index (κ3) is 2.52. The smallest absolute Gasteiger partial charge is 0.220 e. The van der Waals surface area contributed by atoms with Gasteiger partial charge in [-0.3, -0.25) is 9.59 Å². The molecule has 0 aromatic carbocycles. The molecule has 4 rings (SSSR count). The molecule has 0 aromatic heterocycles. The number of amides is 2. The van der Waals surface area contributed by atoms with Crippen molar-refractivity contribution in [2.75, 3.05) is 0 Å². The number of halogens is 2. The monoisotopic (exact) mass is 318 g/mol. The fourth-order valence-corrected chi connectivity index (χ4v) is 4.73. The summed E-state index contributed by atoms with van der Waals surface area (Å²) >= 11 is 11.8. The summed E-state index contributed by atoms with van der Waals surface area (Å²) in [6, 6.07) is 0.579. The Morgan fingerprint density at radius 2 is 1.20 bits per heavy atom. The average Bonchev–Trinajstić information content (AvgIpc) is 3.18. The van der Waals surface area contributed by atoms with Gasteiger partial charge in [-0.25, -0.2) is 0 Å². The van der Waals surface area contributed by atoms with E-state index in [1.807, 2.05) is 0 Å². The van der Waals surface area contributed by atoms with Crippen molar-refractivity contribution in [2.45, 2.75) is 49.5 Å². The first-order chi connectivity index (χ1) is 9.40. The SMILES string of the molecule is C[C@H]1CC(=O)N[C@@H]2[C@@H](Cl)[C@@H]21.C[C@H]1CC(=O)N[C@@H]2[C@H](Cl)[C@@H]21. The molecular weight excluding hydrogens is 299 g/mol. The van der Waals surface area contributed by atoms with Crippen molar-refractivity contribution in [1.29, 1.82) is 0 Å². The number of hydrogen-bond acceptors (Lipinski definition) is 2. The van der Waals surface area contributed by atoms with E-state index in [9.17, 15) is 9.59 Å². The second-order valence-corrected chi connectivity index (χ2v) is 7.60. The van der Waals surface area contributed by atoms with Gasteiger partial charge in [0.1, 0.15) is 0 Å². The molecule has 0 aromatic rings. The molecule has 8 atom stereocenters. The van der Waals surface area contributed by atoms with Crippen LogP contribution in [0.4, 0.5) is 0 Å². The van der Waals surface area contributed by atoms with E-state index >= 15 is 0 Å². The lowest BCUT2D eigenvalue weighted by molar-refractivity contribution is -0.124. The van der Waals surface area contributed by atoms with Crippen LogP contribution in [0.25, 0.3) is 0 Å². The topological polar surface area (TPSA) is 58.2 Å². The van der Waals surface area contributed by atoms with E-state index in [0.717, 1.165) is 0 Å². The molecule has 4 fully saturated rings. The number of nitrogens with one attached hydrogen (secondary N) is 2. The number of carbonyl (C=O) groups excluding carboxylic acids is 2. The largest absolute Gasteiger partial charge is 0.352 e. The molecule has 2 heterocycles. The molecule has 112 valence electrons. The van der Waals surface area contributed by atoms with Crippen LogP contribution in [0.5, 0.6) is 0 Å². The molecule has 0 bridgehead atoms. The molecule has 6 heteroatoms. The summed E-state index contributed by atoms with van der Waals surface area (Å²) in [5.41, 5.74) is 0. The lowest BCUT2D eigenvalue weighted by Crippen LogP contribution is -2.34. The Hall–Kier alpha value is -0.480. The number of fused-ring (bicyclic) bond motifs is 2. The van der Waals surface area contributed by atoms with E-state index < -0.39 is 0 Å². The van der Waals surface area contributed by atoms with Crippen LogP contribution in [0.15, 0.2) is 0 Å². The van der Waals surface area contributed by atoms with Crippen LogP contribution in [0, 0.1) is 23.7 Å². The van der Waals surface area contributed by atoms with Crippen LogP contribution in [0.3, 0.4) is 0 Å². The summed E-state index contributed by atoms with van der Waals surface area (Å²) in [4.78, 5) is 21.8. The second-order valence-electron chi connectivity index (χ2n) is 6.59. The van der Waals surface area contributed by atoms with Gasteiger partial charge in [-0.1, -0.05) is 13.8 Å². The highest BCUT2D eigenvalue weighted by Crippen LogP contribution is 2.46. The fourth-order valence-electron chi connectivity index (χ4n) is 3.63. The third-order valence-corrected chi connectivity index (χ3v) is 6.08. The Labute approximate surface area is 128 Å². The molecule has 0 unspecified atom stereocenters. The molecule has 4 nitrogen and oxygen atoms in total.